The minimum Gasteiger partial charge on any atom is -0.353 e. The number of imidazole rings is 1. The fraction of sp³-hybridized carbons (Fsp3) is 0.174. The summed E-state index contributed by atoms with van der Waals surface area (Å²) in [6.07, 6.45) is 4.28. The number of halogens is 3. The summed E-state index contributed by atoms with van der Waals surface area (Å²) in [5, 5.41) is 7.42. The Balaban J connectivity index is 0.000000300. The molecular formula is C23H20BrF2N5O. The fourth-order valence-corrected chi connectivity index (χ4v) is 3.77. The van der Waals surface area contributed by atoms with Gasteiger partial charge in [-0.1, -0.05) is 34.1 Å². The van der Waals surface area contributed by atoms with Crippen molar-refractivity contribution in [2.75, 3.05) is 18.0 Å². The third kappa shape index (κ3) is 5.28. The zero-order valence-corrected chi connectivity index (χ0v) is 18.5. The zero-order chi connectivity index (χ0) is 22.5. The van der Waals surface area contributed by atoms with Crippen molar-refractivity contribution in [3.05, 3.63) is 94.7 Å². The number of aromatic nitrogens is 3. The minimum atomic E-state index is -0.525. The molecule has 0 bridgehead atoms. The van der Waals surface area contributed by atoms with Crippen molar-refractivity contribution >= 4 is 33.3 Å². The average molecular weight is 500 g/mol. The second-order valence-electron chi connectivity index (χ2n) is 7.25. The second kappa shape index (κ2) is 9.86. The zero-order valence-electron chi connectivity index (χ0n) is 17.0. The van der Waals surface area contributed by atoms with Crippen LogP contribution in [-0.2, 0) is 0 Å². The molecule has 1 fully saturated rings. The SMILES string of the molecule is Fc1ccccc1.O=C(N[C@H]1CCN(c2ccc3nccn3n2)C1)c1cc(Br)ccc1F. The van der Waals surface area contributed by atoms with Crippen LogP contribution in [0.5, 0.6) is 0 Å². The van der Waals surface area contributed by atoms with Crippen LogP contribution in [0.15, 0.2) is 77.5 Å². The summed E-state index contributed by atoms with van der Waals surface area (Å²) in [6.45, 7) is 1.41. The summed E-state index contributed by atoms with van der Waals surface area (Å²) in [5.74, 6) is -0.273. The van der Waals surface area contributed by atoms with Crippen molar-refractivity contribution in [2.24, 2.45) is 0 Å². The van der Waals surface area contributed by atoms with Crippen LogP contribution in [0.25, 0.3) is 5.65 Å². The molecule has 2 aromatic carbocycles. The Hall–Kier alpha value is -3.33. The maximum Gasteiger partial charge on any atom is 0.254 e. The summed E-state index contributed by atoms with van der Waals surface area (Å²) in [5.41, 5.74) is 0.837. The van der Waals surface area contributed by atoms with Gasteiger partial charge in [-0.2, -0.15) is 0 Å². The number of nitrogens with one attached hydrogen (secondary N) is 1. The van der Waals surface area contributed by atoms with Gasteiger partial charge in [0.05, 0.1) is 5.56 Å². The highest BCUT2D eigenvalue weighted by Crippen LogP contribution is 2.20. The van der Waals surface area contributed by atoms with Gasteiger partial charge < -0.3 is 10.2 Å². The Labute approximate surface area is 192 Å². The third-order valence-electron chi connectivity index (χ3n) is 4.99. The van der Waals surface area contributed by atoms with Gasteiger partial charge in [0.2, 0.25) is 0 Å². The number of benzene rings is 2. The predicted molar refractivity (Wildman–Crippen MR) is 122 cm³/mol. The molecule has 5 rings (SSSR count). The Kier molecular flexibility index (Phi) is 6.75. The van der Waals surface area contributed by atoms with Gasteiger partial charge in [0.1, 0.15) is 17.5 Å². The monoisotopic (exact) mass is 499 g/mol. The topological polar surface area (TPSA) is 62.5 Å². The Morgan fingerprint density at radius 2 is 1.91 bits per heavy atom. The lowest BCUT2D eigenvalue weighted by molar-refractivity contribution is 0.0936. The van der Waals surface area contributed by atoms with Crippen LogP contribution < -0.4 is 10.2 Å². The largest absolute Gasteiger partial charge is 0.353 e. The lowest BCUT2D eigenvalue weighted by Gasteiger charge is -2.18. The molecule has 1 aliphatic heterocycles. The molecule has 1 aliphatic rings. The van der Waals surface area contributed by atoms with Crippen molar-refractivity contribution in [1.82, 2.24) is 19.9 Å². The van der Waals surface area contributed by atoms with Crippen LogP contribution in [0.2, 0.25) is 0 Å². The molecule has 1 N–H and O–H groups in total. The van der Waals surface area contributed by atoms with Crippen LogP contribution >= 0.6 is 15.9 Å². The van der Waals surface area contributed by atoms with Gasteiger partial charge in [0.25, 0.3) is 5.91 Å². The van der Waals surface area contributed by atoms with E-state index in [-0.39, 0.29) is 17.4 Å². The van der Waals surface area contributed by atoms with Crippen LogP contribution in [0.3, 0.4) is 0 Å². The van der Waals surface area contributed by atoms with Gasteiger partial charge in [0, 0.05) is 36.0 Å². The van der Waals surface area contributed by atoms with E-state index in [9.17, 15) is 13.6 Å². The quantitative estimate of drug-likeness (QED) is 0.451. The first-order chi connectivity index (χ1) is 15.5. The number of carbonyl (C=O) groups is 1. The molecule has 1 saturated heterocycles. The molecule has 0 unspecified atom stereocenters. The number of nitrogens with zero attached hydrogens (tertiary/aromatic N) is 4. The number of fused-ring (bicyclic) bond motifs is 1. The van der Waals surface area contributed by atoms with Gasteiger partial charge in [-0.15, -0.1) is 5.10 Å². The smallest absolute Gasteiger partial charge is 0.254 e. The van der Waals surface area contributed by atoms with E-state index in [0.29, 0.717) is 11.0 Å². The van der Waals surface area contributed by atoms with Crippen molar-refractivity contribution in [3.63, 3.8) is 0 Å². The first-order valence-electron chi connectivity index (χ1n) is 10.0. The lowest BCUT2D eigenvalue weighted by atomic mass is 10.1. The van der Waals surface area contributed by atoms with E-state index in [4.69, 9.17) is 0 Å². The minimum absolute atomic E-state index is 0.0470. The number of carbonyl (C=O) groups excluding carboxylic acids is 1. The third-order valence-corrected chi connectivity index (χ3v) is 5.49. The summed E-state index contributed by atoms with van der Waals surface area (Å²) in [7, 11) is 0. The van der Waals surface area contributed by atoms with Crippen molar-refractivity contribution in [3.8, 4) is 0 Å². The Bertz CT molecular complexity index is 1220. The number of rotatable bonds is 3. The van der Waals surface area contributed by atoms with E-state index in [1.807, 2.05) is 12.1 Å². The van der Waals surface area contributed by atoms with Crippen molar-refractivity contribution in [2.45, 2.75) is 12.5 Å². The van der Waals surface area contributed by atoms with Gasteiger partial charge in [-0.3, -0.25) is 4.79 Å². The highest BCUT2D eigenvalue weighted by Gasteiger charge is 2.26. The van der Waals surface area contributed by atoms with E-state index < -0.39 is 11.7 Å². The first-order valence-corrected chi connectivity index (χ1v) is 10.8. The van der Waals surface area contributed by atoms with Crippen molar-refractivity contribution < 1.29 is 13.6 Å². The summed E-state index contributed by atoms with van der Waals surface area (Å²) in [6, 6.07) is 16.1. The van der Waals surface area contributed by atoms with Crippen LogP contribution in [0.1, 0.15) is 16.8 Å². The maximum atomic E-state index is 13.8. The van der Waals surface area contributed by atoms with E-state index in [2.05, 4.69) is 36.2 Å². The average Bonchev–Trinajstić information content (AvgIpc) is 3.45. The fourth-order valence-electron chi connectivity index (χ4n) is 3.41. The van der Waals surface area contributed by atoms with Crippen LogP contribution in [0, 0.1) is 11.6 Å². The molecule has 2 aromatic heterocycles. The summed E-state index contributed by atoms with van der Waals surface area (Å²) < 4.78 is 28.1. The second-order valence-corrected chi connectivity index (χ2v) is 8.16. The normalized spacial score (nSPS) is 15.3. The molecule has 164 valence electrons. The molecule has 0 spiro atoms. The maximum absolute atomic E-state index is 13.8. The lowest BCUT2D eigenvalue weighted by Crippen LogP contribution is -2.37. The van der Waals surface area contributed by atoms with E-state index >= 15 is 0 Å². The van der Waals surface area contributed by atoms with E-state index in [0.717, 1.165) is 24.4 Å². The molecule has 32 heavy (non-hydrogen) atoms. The van der Waals surface area contributed by atoms with Crippen molar-refractivity contribution in [1.29, 1.82) is 0 Å². The predicted octanol–water partition coefficient (Wildman–Crippen LogP) is 4.47. The number of amides is 1. The summed E-state index contributed by atoms with van der Waals surface area (Å²) in [4.78, 5) is 18.6. The summed E-state index contributed by atoms with van der Waals surface area (Å²) >= 11 is 3.26. The molecule has 0 radical (unpaired) electrons. The molecule has 6 nitrogen and oxygen atoms in total. The highest BCUT2D eigenvalue weighted by atomic mass is 79.9. The van der Waals surface area contributed by atoms with Crippen LogP contribution in [-0.4, -0.2) is 39.6 Å². The highest BCUT2D eigenvalue weighted by molar-refractivity contribution is 9.10. The molecule has 0 saturated carbocycles. The number of anilines is 1. The molecule has 1 amide bonds. The van der Waals surface area contributed by atoms with Gasteiger partial charge in [-0.05, 0) is 48.9 Å². The van der Waals surface area contributed by atoms with Crippen LogP contribution in [0.4, 0.5) is 14.6 Å². The first kappa shape index (κ1) is 21.9. The molecule has 4 aromatic rings. The Morgan fingerprint density at radius 1 is 1.09 bits per heavy atom. The van der Waals surface area contributed by atoms with E-state index in [1.54, 1.807) is 41.2 Å². The number of hydrogen-bond acceptors (Lipinski definition) is 4. The molecule has 0 aliphatic carbocycles. The molecule has 9 heteroatoms. The molecular weight excluding hydrogens is 480 g/mol. The van der Waals surface area contributed by atoms with Gasteiger partial charge >= 0.3 is 0 Å². The standard InChI is InChI=1S/C17H15BrFN5O.C6H5F/c18-11-1-2-14(19)13(9-11)17(25)21-12-5-7-23(10-12)16-4-3-15-20-6-8-24(15)22-16;7-6-4-2-1-3-5-6/h1-4,6,8-9,12H,5,7,10H2,(H,21,25);1-5H/t12-;/m0./s1. The van der Waals surface area contributed by atoms with Gasteiger partial charge in [-0.25, -0.2) is 18.3 Å². The van der Waals surface area contributed by atoms with Gasteiger partial charge in [0.15, 0.2) is 5.65 Å². The Morgan fingerprint density at radius 3 is 2.66 bits per heavy atom. The molecule has 3 heterocycles. The molecule has 1 atom stereocenters. The van der Waals surface area contributed by atoms with E-state index in [1.165, 1.54) is 24.3 Å². The number of hydrogen-bond donors (Lipinski definition) is 1.